The van der Waals surface area contributed by atoms with Crippen LogP contribution in [-0.2, 0) is 26.0 Å². The van der Waals surface area contributed by atoms with E-state index in [1.54, 1.807) is 24.3 Å². The molecule has 0 saturated heterocycles. The highest BCUT2D eigenvalue weighted by Crippen LogP contribution is 2.28. The van der Waals surface area contributed by atoms with Gasteiger partial charge in [-0.25, -0.2) is 8.42 Å². The predicted octanol–water partition coefficient (Wildman–Crippen LogP) is 5.11. The summed E-state index contributed by atoms with van der Waals surface area (Å²) < 4.78 is 39.1. The summed E-state index contributed by atoms with van der Waals surface area (Å²) in [6.07, 6.45) is -0.670. The molecule has 0 aliphatic heterocycles. The maximum absolute atomic E-state index is 13.5. The van der Waals surface area contributed by atoms with Crippen LogP contribution in [0, 0.1) is 6.92 Å². The molecule has 0 aromatic heterocycles. The van der Waals surface area contributed by atoms with Gasteiger partial charge in [-0.3, -0.25) is 0 Å². The number of benzene rings is 4. The molecule has 0 N–H and O–H groups in total. The summed E-state index contributed by atoms with van der Waals surface area (Å²) in [6.45, 7) is 2.22. The topological polar surface area (TPSA) is 55.8 Å². The Morgan fingerprint density at radius 2 is 1.44 bits per heavy atom. The molecule has 0 fully saturated rings. The lowest BCUT2D eigenvalue weighted by atomic mass is 10.00. The molecule has 0 atom stereocenters. The molecule has 4 rings (SSSR count). The number of ether oxygens (including phenoxy) is 2. The molecule has 6 heteroatoms. The van der Waals surface area contributed by atoms with Gasteiger partial charge in [-0.1, -0.05) is 66.2 Å². The fraction of sp³-hybridized carbons (Fsp3) is 0.231. The van der Waals surface area contributed by atoms with Crippen LogP contribution < -0.4 is 0 Å². The van der Waals surface area contributed by atoms with E-state index in [1.165, 1.54) is 18.5 Å². The maximum Gasteiger partial charge on any atom is 0.243 e. The van der Waals surface area contributed by atoms with Crippen molar-refractivity contribution in [3.63, 3.8) is 0 Å². The quantitative estimate of drug-likeness (QED) is 0.277. The van der Waals surface area contributed by atoms with Gasteiger partial charge < -0.3 is 9.47 Å². The molecule has 0 spiro atoms. The minimum Gasteiger partial charge on any atom is -0.354 e. The van der Waals surface area contributed by atoms with Crippen LogP contribution >= 0.6 is 0 Å². The van der Waals surface area contributed by atoms with E-state index in [4.69, 9.17) is 9.47 Å². The van der Waals surface area contributed by atoms with Crippen molar-refractivity contribution in [3.8, 4) is 0 Å². The third kappa shape index (κ3) is 4.54. The zero-order valence-corrected chi connectivity index (χ0v) is 19.3. The Balaban J connectivity index is 1.75. The van der Waals surface area contributed by atoms with Crippen LogP contribution in [0.4, 0.5) is 0 Å². The molecule has 0 radical (unpaired) electrons. The largest absolute Gasteiger partial charge is 0.354 e. The monoisotopic (exact) mass is 449 g/mol. The van der Waals surface area contributed by atoms with Gasteiger partial charge in [-0.15, -0.1) is 0 Å². The van der Waals surface area contributed by atoms with Crippen molar-refractivity contribution in [1.29, 1.82) is 0 Å². The number of rotatable bonds is 8. The second-order valence-corrected chi connectivity index (χ2v) is 9.79. The van der Waals surface area contributed by atoms with E-state index in [0.717, 1.165) is 32.7 Å². The number of hydrogen-bond donors (Lipinski definition) is 0. The molecule has 0 aliphatic rings. The summed E-state index contributed by atoms with van der Waals surface area (Å²) in [5.41, 5.74) is 1.90. The van der Waals surface area contributed by atoms with E-state index < -0.39 is 16.3 Å². The Morgan fingerprint density at radius 1 is 0.812 bits per heavy atom. The Morgan fingerprint density at radius 3 is 2.12 bits per heavy atom. The molecule has 0 heterocycles. The van der Waals surface area contributed by atoms with Gasteiger partial charge in [-0.2, -0.15) is 4.31 Å². The molecule has 4 aromatic rings. The average Bonchev–Trinajstić information content (AvgIpc) is 2.81. The van der Waals surface area contributed by atoms with Gasteiger partial charge in [0.1, 0.15) is 0 Å². The van der Waals surface area contributed by atoms with Gasteiger partial charge >= 0.3 is 0 Å². The van der Waals surface area contributed by atoms with Crippen LogP contribution in [0.25, 0.3) is 21.5 Å². The minimum absolute atomic E-state index is 0.0801. The average molecular weight is 450 g/mol. The van der Waals surface area contributed by atoms with E-state index in [-0.39, 0.29) is 18.0 Å². The molecular formula is C26H27NO4S. The van der Waals surface area contributed by atoms with Gasteiger partial charge in [0, 0.05) is 20.8 Å². The molecule has 32 heavy (non-hydrogen) atoms. The Bertz CT molecular complexity index is 1330. The van der Waals surface area contributed by atoms with Gasteiger partial charge in [0.2, 0.25) is 10.0 Å². The molecule has 0 unspecified atom stereocenters. The van der Waals surface area contributed by atoms with Crippen LogP contribution in [0.1, 0.15) is 11.1 Å². The molecule has 0 amide bonds. The smallest absolute Gasteiger partial charge is 0.243 e. The van der Waals surface area contributed by atoms with Gasteiger partial charge in [0.15, 0.2) is 6.29 Å². The van der Waals surface area contributed by atoms with E-state index >= 15 is 0 Å². The van der Waals surface area contributed by atoms with Crippen LogP contribution in [0.15, 0.2) is 83.8 Å². The molecule has 4 aromatic carbocycles. The first-order valence-electron chi connectivity index (χ1n) is 10.4. The van der Waals surface area contributed by atoms with Crippen LogP contribution in [0.5, 0.6) is 0 Å². The van der Waals surface area contributed by atoms with Crippen molar-refractivity contribution < 1.29 is 17.9 Å². The lowest BCUT2D eigenvalue weighted by molar-refractivity contribution is -0.108. The van der Waals surface area contributed by atoms with Crippen molar-refractivity contribution in [1.82, 2.24) is 4.31 Å². The standard InChI is InChI=1S/C26H27NO4S/c1-19-8-14-23(15-9-19)32(28,29)27(18-26(30-2)31-3)17-20-10-11-22-13-12-21-6-4-5-7-24(21)25(22)16-20/h4-16,26H,17-18H2,1-3H3. The fourth-order valence-electron chi connectivity index (χ4n) is 3.87. The first kappa shape index (κ1) is 22.4. The third-order valence-electron chi connectivity index (χ3n) is 5.71. The van der Waals surface area contributed by atoms with Crippen molar-refractivity contribution in [2.24, 2.45) is 0 Å². The normalized spacial score (nSPS) is 12.3. The third-order valence-corrected chi connectivity index (χ3v) is 7.53. The zero-order valence-electron chi connectivity index (χ0n) is 18.5. The van der Waals surface area contributed by atoms with Crippen LogP contribution in [0.2, 0.25) is 0 Å². The highest BCUT2D eigenvalue weighted by Gasteiger charge is 2.27. The van der Waals surface area contributed by atoms with Crippen molar-refractivity contribution >= 4 is 31.6 Å². The highest BCUT2D eigenvalue weighted by atomic mass is 32.2. The lowest BCUT2D eigenvalue weighted by Gasteiger charge is -2.26. The first-order valence-corrected chi connectivity index (χ1v) is 11.9. The van der Waals surface area contributed by atoms with Gasteiger partial charge in [0.25, 0.3) is 0 Å². The fourth-order valence-corrected chi connectivity index (χ4v) is 5.28. The number of sulfonamides is 1. The summed E-state index contributed by atoms with van der Waals surface area (Å²) in [5.74, 6) is 0. The Kier molecular flexibility index (Phi) is 6.58. The Labute approximate surface area is 189 Å². The summed E-state index contributed by atoms with van der Waals surface area (Å²) in [4.78, 5) is 0.250. The van der Waals surface area contributed by atoms with Crippen LogP contribution in [-0.4, -0.2) is 39.8 Å². The number of methoxy groups -OCH3 is 2. The first-order chi connectivity index (χ1) is 15.4. The second-order valence-electron chi connectivity index (χ2n) is 7.85. The van der Waals surface area contributed by atoms with E-state index in [9.17, 15) is 8.42 Å². The van der Waals surface area contributed by atoms with E-state index in [0.29, 0.717) is 0 Å². The summed E-state index contributed by atoms with van der Waals surface area (Å²) >= 11 is 0. The predicted molar refractivity (Wildman–Crippen MR) is 128 cm³/mol. The highest BCUT2D eigenvalue weighted by molar-refractivity contribution is 7.89. The van der Waals surface area contributed by atoms with E-state index in [2.05, 4.69) is 30.3 Å². The lowest BCUT2D eigenvalue weighted by Crippen LogP contribution is -2.38. The number of fused-ring (bicyclic) bond motifs is 3. The summed E-state index contributed by atoms with van der Waals surface area (Å²) in [7, 11) is -0.740. The molecule has 0 saturated carbocycles. The Hall–Kier alpha value is -2.77. The number of aryl methyl sites for hydroxylation is 1. The van der Waals surface area contributed by atoms with Crippen molar-refractivity contribution in [2.75, 3.05) is 20.8 Å². The molecule has 0 bridgehead atoms. The SMILES string of the molecule is COC(CN(Cc1ccc2ccc3ccccc3c2c1)S(=O)(=O)c1ccc(C)cc1)OC. The number of hydrogen-bond acceptors (Lipinski definition) is 4. The number of nitrogens with zero attached hydrogens (tertiary/aromatic N) is 1. The zero-order chi connectivity index (χ0) is 22.7. The minimum atomic E-state index is -3.75. The summed E-state index contributed by atoms with van der Waals surface area (Å²) in [5, 5.41) is 4.52. The van der Waals surface area contributed by atoms with Crippen molar-refractivity contribution in [3.05, 3.63) is 90.0 Å². The van der Waals surface area contributed by atoms with Crippen LogP contribution in [0.3, 0.4) is 0 Å². The summed E-state index contributed by atoms with van der Waals surface area (Å²) in [6, 6.07) is 25.4. The maximum atomic E-state index is 13.5. The van der Waals surface area contributed by atoms with Gasteiger partial charge in [0.05, 0.1) is 11.4 Å². The molecule has 5 nitrogen and oxygen atoms in total. The molecular weight excluding hydrogens is 422 g/mol. The molecule has 166 valence electrons. The van der Waals surface area contributed by atoms with E-state index in [1.807, 2.05) is 31.2 Å². The second kappa shape index (κ2) is 9.38. The van der Waals surface area contributed by atoms with Gasteiger partial charge in [-0.05, 0) is 52.2 Å². The molecule has 0 aliphatic carbocycles. The van der Waals surface area contributed by atoms with Crippen molar-refractivity contribution in [2.45, 2.75) is 24.7 Å².